The average molecular weight is 284 g/mol. The fourth-order valence-corrected chi connectivity index (χ4v) is 2.27. The Morgan fingerprint density at radius 1 is 1.63 bits per heavy atom. The van der Waals surface area contributed by atoms with Crippen LogP contribution in [0.15, 0.2) is 12.3 Å². The van der Waals surface area contributed by atoms with E-state index < -0.39 is 5.97 Å². The summed E-state index contributed by atoms with van der Waals surface area (Å²) in [4.78, 5) is 17.2. The van der Waals surface area contributed by atoms with E-state index >= 15 is 0 Å². The lowest BCUT2D eigenvalue weighted by Crippen LogP contribution is -2.31. The molecule has 0 spiro atoms. The number of aromatic nitrogens is 1. The molecule has 1 aromatic rings. The molecule has 0 bridgehead atoms. The Hall–Kier alpha value is -1.33. The predicted molar refractivity (Wildman–Crippen MR) is 75.0 cm³/mol. The van der Waals surface area contributed by atoms with Gasteiger partial charge in [-0.15, -0.1) is 0 Å². The number of nitrogens with one attached hydrogen (secondary N) is 1. The molecule has 5 nitrogen and oxygen atoms in total. The van der Waals surface area contributed by atoms with Gasteiger partial charge in [0.2, 0.25) is 0 Å². The number of pyridine rings is 1. The van der Waals surface area contributed by atoms with Gasteiger partial charge in [0, 0.05) is 25.3 Å². The van der Waals surface area contributed by atoms with E-state index in [1.54, 1.807) is 0 Å². The van der Waals surface area contributed by atoms with Gasteiger partial charge in [-0.2, -0.15) is 0 Å². The molecule has 0 aliphatic heterocycles. The van der Waals surface area contributed by atoms with Crippen LogP contribution in [0.3, 0.4) is 0 Å². The number of rotatable bonds is 7. The highest BCUT2D eigenvalue weighted by molar-refractivity contribution is 6.33. The molecule has 1 saturated carbocycles. The van der Waals surface area contributed by atoms with E-state index in [0.717, 1.165) is 25.7 Å². The van der Waals surface area contributed by atoms with Gasteiger partial charge < -0.3 is 10.4 Å². The van der Waals surface area contributed by atoms with Crippen molar-refractivity contribution in [3.63, 3.8) is 0 Å². The molecule has 2 rings (SSSR count). The maximum Gasteiger partial charge on any atom is 0.337 e. The van der Waals surface area contributed by atoms with Crippen LogP contribution in [0.2, 0.25) is 5.02 Å². The second kappa shape index (κ2) is 6.21. The lowest BCUT2D eigenvalue weighted by Gasteiger charge is -2.20. The van der Waals surface area contributed by atoms with E-state index in [0.29, 0.717) is 10.8 Å². The standard InChI is InChI=1S/C13H18ClN3O2/c1-2-17(10-3-4-10)6-5-15-12-11(14)7-9(8-16-12)13(18)19/h7-8,10H,2-6H2,1H3,(H,15,16)(H,18,19). The van der Waals surface area contributed by atoms with Crippen molar-refractivity contribution in [2.45, 2.75) is 25.8 Å². The van der Waals surface area contributed by atoms with Crippen LogP contribution in [-0.4, -0.2) is 46.6 Å². The van der Waals surface area contributed by atoms with Crippen molar-refractivity contribution in [2.75, 3.05) is 25.0 Å². The lowest BCUT2D eigenvalue weighted by molar-refractivity contribution is 0.0696. The molecule has 0 unspecified atom stereocenters. The molecule has 0 radical (unpaired) electrons. The average Bonchev–Trinajstić information content (AvgIpc) is 3.20. The number of anilines is 1. The van der Waals surface area contributed by atoms with Crippen LogP contribution in [0.4, 0.5) is 5.82 Å². The van der Waals surface area contributed by atoms with Crippen LogP contribution in [0.1, 0.15) is 30.1 Å². The first-order chi connectivity index (χ1) is 9.11. The second-order valence-corrected chi connectivity index (χ2v) is 5.05. The Morgan fingerprint density at radius 3 is 2.89 bits per heavy atom. The van der Waals surface area contributed by atoms with Crippen LogP contribution < -0.4 is 5.32 Å². The smallest absolute Gasteiger partial charge is 0.337 e. The van der Waals surface area contributed by atoms with E-state index in [1.807, 2.05) is 0 Å². The van der Waals surface area contributed by atoms with Gasteiger partial charge in [0.05, 0.1) is 10.6 Å². The van der Waals surface area contributed by atoms with Crippen LogP contribution in [0.25, 0.3) is 0 Å². The van der Waals surface area contributed by atoms with Crippen LogP contribution in [-0.2, 0) is 0 Å². The molecule has 0 atom stereocenters. The summed E-state index contributed by atoms with van der Waals surface area (Å²) in [5.41, 5.74) is 0.101. The lowest BCUT2D eigenvalue weighted by atomic mass is 10.3. The van der Waals surface area contributed by atoms with Crippen molar-refractivity contribution in [1.82, 2.24) is 9.88 Å². The fourth-order valence-electron chi connectivity index (χ4n) is 2.04. The number of hydrogen-bond donors (Lipinski definition) is 2. The number of carboxylic acids is 1. The first kappa shape index (κ1) is 14.1. The number of hydrogen-bond acceptors (Lipinski definition) is 4. The Bertz CT molecular complexity index is 463. The highest BCUT2D eigenvalue weighted by Crippen LogP contribution is 2.26. The summed E-state index contributed by atoms with van der Waals surface area (Å²) in [6, 6.07) is 2.15. The van der Waals surface area contributed by atoms with Gasteiger partial charge in [-0.05, 0) is 25.5 Å². The van der Waals surface area contributed by atoms with Crippen LogP contribution in [0.5, 0.6) is 0 Å². The van der Waals surface area contributed by atoms with Gasteiger partial charge in [0.15, 0.2) is 0 Å². The Balaban J connectivity index is 1.87. The number of halogens is 1. The van der Waals surface area contributed by atoms with Crippen molar-refractivity contribution in [3.05, 3.63) is 22.8 Å². The van der Waals surface area contributed by atoms with Crippen LogP contribution in [0, 0.1) is 0 Å². The summed E-state index contributed by atoms with van der Waals surface area (Å²) in [6.45, 7) is 4.90. The number of likely N-dealkylation sites (N-methyl/N-ethyl adjacent to an activating group) is 1. The largest absolute Gasteiger partial charge is 0.478 e. The molecule has 1 heterocycles. The maximum atomic E-state index is 10.8. The number of carbonyl (C=O) groups is 1. The molecule has 0 amide bonds. The number of aromatic carboxylic acids is 1. The van der Waals surface area contributed by atoms with E-state index in [4.69, 9.17) is 16.7 Å². The summed E-state index contributed by atoms with van der Waals surface area (Å²) in [5, 5.41) is 12.3. The molecule has 104 valence electrons. The molecular weight excluding hydrogens is 266 g/mol. The Kier molecular flexibility index (Phi) is 4.61. The van der Waals surface area contributed by atoms with Gasteiger partial charge in [0.1, 0.15) is 5.82 Å². The van der Waals surface area contributed by atoms with Gasteiger partial charge in [0.25, 0.3) is 0 Å². The third-order valence-corrected chi connectivity index (χ3v) is 3.54. The van der Waals surface area contributed by atoms with Gasteiger partial charge in [-0.25, -0.2) is 9.78 Å². The van der Waals surface area contributed by atoms with Gasteiger partial charge in [-0.3, -0.25) is 4.90 Å². The fraction of sp³-hybridized carbons (Fsp3) is 0.538. The quantitative estimate of drug-likeness (QED) is 0.804. The molecule has 19 heavy (non-hydrogen) atoms. The molecule has 2 N–H and O–H groups in total. The Morgan fingerprint density at radius 2 is 2.37 bits per heavy atom. The molecule has 1 aliphatic rings. The first-order valence-electron chi connectivity index (χ1n) is 6.48. The molecule has 1 fully saturated rings. The summed E-state index contributed by atoms with van der Waals surface area (Å²) in [7, 11) is 0. The highest BCUT2D eigenvalue weighted by Gasteiger charge is 2.27. The van der Waals surface area contributed by atoms with Crippen molar-refractivity contribution >= 4 is 23.4 Å². The molecule has 1 aromatic heterocycles. The van der Waals surface area contributed by atoms with Crippen molar-refractivity contribution < 1.29 is 9.90 Å². The summed E-state index contributed by atoms with van der Waals surface area (Å²) >= 11 is 6.00. The third kappa shape index (κ3) is 3.81. The normalized spacial score (nSPS) is 14.7. The first-order valence-corrected chi connectivity index (χ1v) is 6.86. The van der Waals surface area contributed by atoms with Crippen molar-refractivity contribution in [3.8, 4) is 0 Å². The van der Waals surface area contributed by atoms with Crippen molar-refractivity contribution in [1.29, 1.82) is 0 Å². The minimum absolute atomic E-state index is 0.101. The van der Waals surface area contributed by atoms with Gasteiger partial charge in [-0.1, -0.05) is 18.5 Å². The summed E-state index contributed by atoms with van der Waals surface area (Å²) < 4.78 is 0. The number of nitrogens with zero attached hydrogens (tertiary/aromatic N) is 2. The second-order valence-electron chi connectivity index (χ2n) is 4.65. The van der Waals surface area contributed by atoms with E-state index in [9.17, 15) is 4.79 Å². The highest BCUT2D eigenvalue weighted by atomic mass is 35.5. The monoisotopic (exact) mass is 283 g/mol. The zero-order chi connectivity index (χ0) is 13.8. The minimum atomic E-state index is -1.02. The van der Waals surface area contributed by atoms with E-state index in [2.05, 4.69) is 22.1 Å². The molecule has 0 aromatic carbocycles. The zero-order valence-corrected chi connectivity index (χ0v) is 11.7. The minimum Gasteiger partial charge on any atom is -0.478 e. The summed E-state index contributed by atoms with van der Waals surface area (Å²) in [6.07, 6.45) is 3.90. The molecule has 0 saturated heterocycles. The SMILES string of the molecule is CCN(CCNc1ncc(C(=O)O)cc1Cl)C1CC1. The molecular formula is C13H18ClN3O2. The van der Waals surface area contributed by atoms with Crippen molar-refractivity contribution in [2.24, 2.45) is 0 Å². The van der Waals surface area contributed by atoms with Gasteiger partial charge >= 0.3 is 5.97 Å². The van der Waals surface area contributed by atoms with E-state index in [-0.39, 0.29) is 5.56 Å². The molecule has 6 heteroatoms. The van der Waals surface area contributed by atoms with Crippen LogP contribution >= 0.6 is 11.6 Å². The third-order valence-electron chi connectivity index (χ3n) is 3.25. The predicted octanol–water partition coefficient (Wildman–Crippen LogP) is 2.33. The van der Waals surface area contributed by atoms with E-state index in [1.165, 1.54) is 25.1 Å². The zero-order valence-electron chi connectivity index (χ0n) is 10.9. The maximum absolute atomic E-state index is 10.8. The number of carboxylic acid groups (broad SMARTS) is 1. The molecule has 1 aliphatic carbocycles. The topological polar surface area (TPSA) is 65.5 Å². The summed E-state index contributed by atoms with van der Waals surface area (Å²) in [5.74, 6) is -0.481. The Labute approximate surface area is 117 Å².